The van der Waals surface area contributed by atoms with E-state index >= 15 is 0 Å². The summed E-state index contributed by atoms with van der Waals surface area (Å²) in [5.74, 6) is -0.426. The second-order valence-electron chi connectivity index (χ2n) is 4.23. The molecule has 0 bridgehead atoms. The number of allylic oxidation sites excluding steroid dienone is 1. The van der Waals surface area contributed by atoms with Crippen molar-refractivity contribution in [1.29, 1.82) is 0 Å². The highest BCUT2D eigenvalue weighted by atomic mass is 16.3. The molecule has 0 saturated carbocycles. The minimum absolute atomic E-state index is 0.141. The summed E-state index contributed by atoms with van der Waals surface area (Å²) in [4.78, 5) is 26.8. The number of hydrogen-bond acceptors (Lipinski definition) is 4. The quantitative estimate of drug-likeness (QED) is 0.755. The van der Waals surface area contributed by atoms with Gasteiger partial charge in [-0.15, -0.1) is 0 Å². The predicted molar refractivity (Wildman–Crippen MR) is 61.9 cm³/mol. The molecule has 1 aromatic carbocycles. The second-order valence-corrected chi connectivity index (χ2v) is 4.23. The van der Waals surface area contributed by atoms with Crippen LogP contribution in [0.5, 0.6) is 5.75 Å². The summed E-state index contributed by atoms with van der Waals surface area (Å²) in [6.45, 7) is 5.64. The first kappa shape index (κ1) is 10.8. The molecule has 0 fully saturated rings. The maximum Gasteiger partial charge on any atom is 0.268 e. The van der Waals surface area contributed by atoms with Crippen LogP contribution in [0.4, 0.5) is 0 Å². The number of rotatable bonds is 2. The fraction of sp³-hybridized carbons (Fsp3) is 0.417. The third-order valence-electron chi connectivity index (χ3n) is 3.31. The molecule has 1 aromatic rings. The van der Waals surface area contributed by atoms with Gasteiger partial charge in [0.25, 0.3) is 5.43 Å². The minimum Gasteiger partial charge on any atom is -0.504 e. The third-order valence-corrected chi connectivity index (χ3v) is 3.31. The molecule has 0 aromatic heterocycles. The molecule has 84 valence electrons. The van der Waals surface area contributed by atoms with Crippen molar-refractivity contribution in [2.75, 3.05) is 0 Å². The van der Waals surface area contributed by atoms with Crippen molar-refractivity contribution in [1.82, 2.24) is 0 Å². The van der Waals surface area contributed by atoms with Crippen LogP contribution < -0.4 is 10.9 Å². The lowest BCUT2D eigenvalue weighted by Gasteiger charge is -2.26. The molecule has 0 aliphatic carbocycles. The molecule has 0 spiro atoms. The van der Waals surface area contributed by atoms with Crippen LogP contribution in [0, 0.1) is 0 Å². The van der Waals surface area contributed by atoms with Gasteiger partial charge in [0.1, 0.15) is 5.54 Å². The topological polar surface area (TPSA) is 66.7 Å². The molecule has 0 amide bonds. The van der Waals surface area contributed by atoms with Gasteiger partial charge in [-0.1, -0.05) is 6.92 Å². The van der Waals surface area contributed by atoms with Gasteiger partial charge in [0, 0.05) is 6.21 Å². The molecule has 2 rings (SSSR count). The summed E-state index contributed by atoms with van der Waals surface area (Å²) in [5.41, 5.74) is -0.132. The van der Waals surface area contributed by atoms with Crippen LogP contribution in [0.15, 0.2) is 25.7 Å². The zero-order chi connectivity index (χ0) is 12.1. The zero-order valence-electron chi connectivity index (χ0n) is 9.50. The Hall–Kier alpha value is -1.71. The number of aliphatic imine (C=N–C) groups is 1. The Kier molecular flexibility index (Phi) is 2.12. The van der Waals surface area contributed by atoms with Crippen LogP contribution in [0.3, 0.4) is 0 Å². The van der Waals surface area contributed by atoms with Crippen molar-refractivity contribution in [3.05, 3.63) is 37.2 Å². The van der Waals surface area contributed by atoms with Gasteiger partial charge in [0.05, 0.1) is 5.56 Å². The predicted octanol–water partition coefficient (Wildman–Crippen LogP) is 1.01. The van der Waals surface area contributed by atoms with E-state index in [4.69, 9.17) is 0 Å². The first-order valence-electron chi connectivity index (χ1n) is 5.21. The van der Waals surface area contributed by atoms with Crippen LogP contribution in [-0.2, 0) is 5.54 Å². The van der Waals surface area contributed by atoms with E-state index in [1.807, 2.05) is 13.8 Å². The Morgan fingerprint density at radius 2 is 2.00 bits per heavy atom. The molecule has 1 N–H and O–H groups in total. The summed E-state index contributed by atoms with van der Waals surface area (Å²) < 4.78 is 0. The van der Waals surface area contributed by atoms with Gasteiger partial charge in [-0.2, -0.15) is 0 Å². The van der Waals surface area contributed by atoms with Gasteiger partial charge in [-0.05, 0) is 31.4 Å². The Bertz CT molecular complexity index is 588. The molecule has 1 atom stereocenters. The highest BCUT2D eigenvalue weighted by Gasteiger charge is 2.42. The summed E-state index contributed by atoms with van der Waals surface area (Å²) in [5, 5.41) is 9.48. The number of nitrogens with zero attached hydrogens (tertiary/aromatic N) is 1. The van der Waals surface area contributed by atoms with Gasteiger partial charge in [0.15, 0.2) is 5.75 Å². The molecule has 4 heteroatoms. The second kappa shape index (κ2) is 3.14. The highest BCUT2D eigenvalue weighted by Crippen LogP contribution is 2.41. The molecule has 1 aliphatic rings. The first-order valence-corrected chi connectivity index (χ1v) is 5.21. The van der Waals surface area contributed by atoms with Crippen molar-refractivity contribution in [3.8, 4) is 5.75 Å². The van der Waals surface area contributed by atoms with E-state index < -0.39 is 22.1 Å². The molecular formula is C12H13NO3. The highest BCUT2D eigenvalue weighted by molar-refractivity contribution is 5.84. The maximum atomic E-state index is 11.5. The molecule has 0 saturated heterocycles. The van der Waals surface area contributed by atoms with Gasteiger partial charge in [-0.25, -0.2) is 0 Å². The Morgan fingerprint density at radius 1 is 1.38 bits per heavy atom. The van der Waals surface area contributed by atoms with Gasteiger partial charge >= 0.3 is 0 Å². The Labute approximate surface area is 92.6 Å². The number of aromatic hydroxyl groups is 1. The van der Waals surface area contributed by atoms with Crippen LogP contribution in [0.2, 0.25) is 0 Å². The van der Waals surface area contributed by atoms with Crippen molar-refractivity contribution in [2.24, 2.45) is 4.99 Å². The molecule has 1 aliphatic heterocycles. The summed E-state index contributed by atoms with van der Waals surface area (Å²) in [6.07, 6.45) is 2.43. The fourth-order valence-corrected chi connectivity index (χ4v) is 2.44. The van der Waals surface area contributed by atoms with E-state index in [-0.39, 0.29) is 5.56 Å². The lowest BCUT2D eigenvalue weighted by molar-refractivity contribution is 0.429. The van der Waals surface area contributed by atoms with Gasteiger partial charge < -0.3 is 5.11 Å². The molecular weight excluding hydrogens is 206 g/mol. The summed E-state index contributed by atoms with van der Waals surface area (Å²) in [7, 11) is 0. The molecule has 16 heavy (non-hydrogen) atoms. The SMILES string of the molecule is CCC1=C(C)C=NC1(C)c1c(O)c(=O)c1=O. The summed E-state index contributed by atoms with van der Waals surface area (Å²) in [6, 6.07) is 0. The lowest BCUT2D eigenvalue weighted by Crippen LogP contribution is -2.42. The Morgan fingerprint density at radius 3 is 2.50 bits per heavy atom. The van der Waals surface area contributed by atoms with E-state index in [0.717, 1.165) is 17.6 Å². The Balaban J connectivity index is 2.63. The lowest BCUT2D eigenvalue weighted by atomic mass is 9.80. The van der Waals surface area contributed by atoms with E-state index in [9.17, 15) is 14.7 Å². The zero-order valence-corrected chi connectivity index (χ0v) is 9.50. The standard InChI is InChI=1S/C12H13NO3/c1-4-7-6(2)5-13-12(7,3)8-9(14)11(16)10(8)15/h5,14H,4H2,1-3H3. The minimum atomic E-state index is -0.839. The van der Waals surface area contributed by atoms with Crippen molar-refractivity contribution >= 4 is 6.21 Å². The van der Waals surface area contributed by atoms with Crippen LogP contribution >= 0.6 is 0 Å². The molecule has 0 radical (unpaired) electrons. The largest absolute Gasteiger partial charge is 0.504 e. The third kappa shape index (κ3) is 1.07. The maximum absolute atomic E-state index is 11.5. The van der Waals surface area contributed by atoms with E-state index in [1.165, 1.54) is 0 Å². The average molecular weight is 219 g/mol. The van der Waals surface area contributed by atoms with Crippen molar-refractivity contribution in [3.63, 3.8) is 0 Å². The van der Waals surface area contributed by atoms with Crippen LogP contribution in [-0.4, -0.2) is 11.3 Å². The van der Waals surface area contributed by atoms with Crippen molar-refractivity contribution < 1.29 is 5.11 Å². The van der Waals surface area contributed by atoms with Gasteiger partial charge in [0.2, 0.25) is 5.43 Å². The fourth-order valence-electron chi connectivity index (χ4n) is 2.44. The van der Waals surface area contributed by atoms with E-state index in [2.05, 4.69) is 4.99 Å². The van der Waals surface area contributed by atoms with Crippen LogP contribution in [0.1, 0.15) is 32.8 Å². The monoisotopic (exact) mass is 219 g/mol. The first-order chi connectivity index (χ1) is 7.43. The van der Waals surface area contributed by atoms with Crippen LogP contribution in [0.25, 0.3) is 0 Å². The van der Waals surface area contributed by atoms with E-state index in [0.29, 0.717) is 0 Å². The molecule has 1 unspecified atom stereocenters. The van der Waals surface area contributed by atoms with Crippen molar-refractivity contribution in [2.45, 2.75) is 32.7 Å². The van der Waals surface area contributed by atoms with Gasteiger partial charge in [-0.3, -0.25) is 14.6 Å². The smallest absolute Gasteiger partial charge is 0.268 e. The molecule has 4 nitrogen and oxygen atoms in total. The number of hydrogen-bond donors (Lipinski definition) is 1. The van der Waals surface area contributed by atoms with E-state index in [1.54, 1.807) is 13.1 Å². The normalized spacial score (nSPS) is 24.7. The average Bonchev–Trinajstić information content (AvgIpc) is 2.54. The summed E-state index contributed by atoms with van der Waals surface area (Å²) >= 11 is 0. The molecule has 1 heterocycles.